The van der Waals surface area contributed by atoms with Crippen LogP contribution in [0.1, 0.15) is 19.3 Å². The maximum Gasteiger partial charge on any atom is 0.303 e. The number of carbonyl (C=O) groups excluding carboxylic acids is 1. The number of aliphatic carboxylic acids is 1. The average Bonchev–Trinajstić information content (AvgIpc) is 2.28. The molecule has 1 aliphatic heterocycles. The number of carboxylic acid groups (broad SMARTS) is 1. The number of rotatable bonds is 5. The molecule has 0 radical (unpaired) electrons. The van der Waals surface area contributed by atoms with E-state index in [4.69, 9.17) is 11.5 Å². The molecule has 0 bridgehead atoms. The Morgan fingerprint density at radius 3 is 2.59 bits per heavy atom. The molecule has 0 saturated carbocycles. The predicted molar refractivity (Wildman–Crippen MR) is 63.3 cm³/mol. The Bertz CT molecular complexity index is 314. The minimum Gasteiger partial charge on any atom is -0.481 e. The molecule has 1 saturated heterocycles. The topological polar surface area (TPSA) is 69.6 Å². The van der Waals surface area contributed by atoms with Crippen molar-refractivity contribution in [2.45, 2.75) is 19.3 Å². The molecule has 17 heavy (non-hydrogen) atoms. The van der Waals surface area contributed by atoms with E-state index in [-0.39, 0.29) is 24.8 Å². The third-order valence-corrected chi connectivity index (χ3v) is 2.93. The van der Waals surface area contributed by atoms with E-state index >= 15 is 0 Å². The van der Waals surface area contributed by atoms with Gasteiger partial charge in [0.25, 0.3) is 0 Å². The first-order chi connectivity index (χ1) is 8.11. The van der Waals surface area contributed by atoms with Crippen LogP contribution in [0.3, 0.4) is 0 Å². The first-order valence-electron chi connectivity index (χ1n) is 5.76. The predicted octanol–water partition coefficient (Wildman–Crippen LogP) is -0.0775. The van der Waals surface area contributed by atoms with E-state index < -0.39 is 5.97 Å². The van der Waals surface area contributed by atoms with E-state index in [0.29, 0.717) is 6.54 Å². The zero-order chi connectivity index (χ0) is 12.7. The lowest BCUT2D eigenvalue weighted by Gasteiger charge is -2.30. The summed E-state index contributed by atoms with van der Waals surface area (Å²) in [6, 6.07) is 0. The lowest BCUT2D eigenvalue weighted by Crippen LogP contribution is -2.41. The average molecular weight is 238 g/mol. The molecule has 1 heterocycles. The number of nitrogens with zero attached hydrogens (tertiary/aromatic N) is 1. The van der Waals surface area contributed by atoms with Gasteiger partial charge in [-0.2, -0.15) is 0 Å². The highest BCUT2D eigenvalue weighted by Crippen LogP contribution is 2.19. The minimum absolute atomic E-state index is 0.0698. The number of amides is 1. The lowest BCUT2D eigenvalue weighted by atomic mass is 9.94. The molecule has 0 spiro atoms. The summed E-state index contributed by atoms with van der Waals surface area (Å²) < 4.78 is 0. The van der Waals surface area contributed by atoms with Crippen LogP contribution in [0.15, 0.2) is 0 Å². The van der Waals surface area contributed by atoms with Crippen LogP contribution < -0.4 is 5.32 Å². The first-order valence-corrected chi connectivity index (χ1v) is 5.76. The van der Waals surface area contributed by atoms with Crippen LogP contribution in [-0.4, -0.2) is 48.1 Å². The van der Waals surface area contributed by atoms with Gasteiger partial charge in [0.1, 0.15) is 0 Å². The van der Waals surface area contributed by atoms with Crippen molar-refractivity contribution in [3.05, 3.63) is 0 Å². The summed E-state index contributed by atoms with van der Waals surface area (Å²) in [6.07, 6.45) is 6.96. The molecule has 0 aromatic carbocycles. The van der Waals surface area contributed by atoms with Crippen molar-refractivity contribution >= 4 is 11.9 Å². The van der Waals surface area contributed by atoms with Gasteiger partial charge in [-0.3, -0.25) is 14.5 Å². The summed E-state index contributed by atoms with van der Waals surface area (Å²) in [5, 5.41) is 11.3. The maximum absolute atomic E-state index is 11.4. The zero-order valence-electron chi connectivity index (χ0n) is 9.82. The summed E-state index contributed by atoms with van der Waals surface area (Å²) in [6.45, 7) is 2.17. The third-order valence-electron chi connectivity index (χ3n) is 2.93. The fourth-order valence-electron chi connectivity index (χ4n) is 2.00. The minimum atomic E-state index is -0.741. The van der Waals surface area contributed by atoms with Gasteiger partial charge in [0.05, 0.1) is 13.1 Å². The van der Waals surface area contributed by atoms with E-state index in [1.807, 2.05) is 4.90 Å². The summed E-state index contributed by atoms with van der Waals surface area (Å²) >= 11 is 0. The second-order valence-corrected chi connectivity index (χ2v) is 4.30. The Morgan fingerprint density at radius 2 is 2.06 bits per heavy atom. The molecule has 5 nitrogen and oxygen atoms in total. The van der Waals surface area contributed by atoms with Crippen molar-refractivity contribution in [2.24, 2.45) is 5.92 Å². The van der Waals surface area contributed by atoms with Gasteiger partial charge >= 0.3 is 5.97 Å². The number of carboxylic acids is 1. The highest BCUT2D eigenvalue weighted by Gasteiger charge is 2.22. The number of terminal acetylenes is 1. The number of hydrogen-bond donors (Lipinski definition) is 2. The molecule has 0 atom stereocenters. The number of carbonyl (C=O) groups is 2. The van der Waals surface area contributed by atoms with E-state index in [9.17, 15) is 9.59 Å². The van der Waals surface area contributed by atoms with Crippen LogP contribution in [0.2, 0.25) is 0 Å². The standard InChI is InChI=1S/C12H18N2O3/c1-2-5-13-11(15)9-14-6-3-10(4-7-14)8-12(16)17/h1,10H,3-9H2,(H,13,15)(H,16,17). The van der Waals surface area contributed by atoms with Gasteiger partial charge in [0.15, 0.2) is 0 Å². The van der Waals surface area contributed by atoms with E-state index in [2.05, 4.69) is 11.2 Å². The van der Waals surface area contributed by atoms with Crippen LogP contribution in [0.5, 0.6) is 0 Å². The Labute approximate surface area is 101 Å². The highest BCUT2D eigenvalue weighted by molar-refractivity contribution is 5.78. The van der Waals surface area contributed by atoms with Gasteiger partial charge < -0.3 is 10.4 Å². The second-order valence-electron chi connectivity index (χ2n) is 4.30. The number of nitrogens with one attached hydrogen (secondary N) is 1. The van der Waals surface area contributed by atoms with E-state index in [1.165, 1.54) is 0 Å². The Morgan fingerprint density at radius 1 is 1.41 bits per heavy atom. The van der Waals surface area contributed by atoms with Gasteiger partial charge in [-0.15, -0.1) is 6.42 Å². The van der Waals surface area contributed by atoms with Crippen molar-refractivity contribution in [2.75, 3.05) is 26.2 Å². The molecule has 94 valence electrons. The molecule has 5 heteroatoms. The van der Waals surface area contributed by atoms with Crippen molar-refractivity contribution in [3.8, 4) is 12.3 Å². The normalized spacial score (nSPS) is 17.4. The molecule has 1 fully saturated rings. The molecule has 1 rings (SSSR count). The molecule has 0 aliphatic carbocycles. The fourth-order valence-corrected chi connectivity index (χ4v) is 2.00. The van der Waals surface area contributed by atoms with Gasteiger partial charge in [0.2, 0.25) is 5.91 Å². The third kappa shape index (κ3) is 5.36. The van der Waals surface area contributed by atoms with Crippen LogP contribution in [0.4, 0.5) is 0 Å². The van der Waals surface area contributed by atoms with Gasteiger partial charge in [-0.25, -0.2) is 0 Å². The molecule has 2 N–H and O–H groups in total. The van der Waals surface area contributed by atoms with Crippen molar-refractivity contribution in [3.63, 3.8) is 0 Å². The van der Waals surface area contributed by atoms with Crippen molar-refractivity contribution in [1.29, 1.82) is 0 Å². The second kappa shape index (κ2) is 6.92. The van der Waals surface area contributed by atoms with Gasteiger partial charge in [0, 0.05) is 6.42 Å². The maximum atomic E-state index is 11.4. The molecule has 0 aromatic rings. The van der Waals surface area contributed by atoms with Crippen LogP contribution >= 0.6 is 0 Å². The van der Waals surface area contributed by atoms with Crippen molar-refractivity contribution in [1.82, 2.24) is 10.2 Å². The zero-order valence-corrected chi connectivity index (χ0v) is 9.82. The summed E-state index contributed by atoms with van der Waals surface area (Å²) in [4.78, 5) is 24.0. The summed E-state index contributed by atoms with van der Waals surface area (Å²) in [5.74, 6) is 1.79. The number of hydrogen-bond acceptors (Lipinski definition) is 3. The fraction of sp³-hybridized carbons (Fsp3) is 0.667. The smallest absolute Gasteiger partial charge is 0.303 e. The first kappa shape index (κ1) is 13.5. The molecular weight excluding hydrogens is 220 g/mol. The molecule has 0 aromatic heterocycles. The highest BCUT2D eigenvalue weighted by atomic mass is 16.4. The summed E-state index contributed by atoms with van der Waals surface area (Å²) in [5.41, 5.74) is 0. The largest absolute Gasteiger partial charge is 0.481 e. The van der Waals surface area contributed by atoms with Crippen LogP contribution in [0, 0.1) is 18.3 Å². The Hall–Kier alpha value is -1.54. The Kier molecular flexibility index (Phi) is 5.50. The molecule has 1 amide bonds. The van der Waals surface area contributed by atoms with Crippen molar-refractivity contribution < 1.29 is 14.7 Å². The van der Waals surface area contributed by atoms with E-state index in [0.717, 1.165) is 25.9 Å². The molecular formula is C12H18N2O3. The monoisotopic (exact) mass is 238 g/mol. The lowest BCUT2D eigenvalue weighted by molar-refractivity contribution is -0.138. The number of likely N-dealkylation sites (tertiary alicyclic amines) is 1. The SMILES string of the molecule is C#CCNC(=O)CN1CCC(CC(=O)O)CC1. The molecule has 0 unspecified atom stereocenters. The van der Waals surface area contributed by atoms with E-state index in [1.54, 1.807) is 0 Å². The van der Waals surface area contributed by atoms with Gasteiger partial charge in [-0.05, 0) is 31.8 Å². The quantitative estimate of drug-likeness (QED) is 0.657. The molecule has 1 aliphatic rings. The van der Waals surface area contributed by atoms with Gasteiger partial charge in [-0.1, -0.05) is 5.92 Å². The summed E-state index contributed by atoms with van der Waals surface area (Å²) in [7, 11) is 0. The van der Waals surface area contributed by atoms with Crippen LogP contribution in [-0.2, 0) is 9.59 Å². The number of piperidine rings is 1. The Balaban J connectivity index is 2.21. The van der Waals surface area contributed by atoms with Crippen LogP contribution in [0.25, 0.3) is 0 Å².